The Balaban J connectivity index is 0.000000569. The number of rotatable bonds is 9. The van der Waals surface area contributed by atoms with E-state index in [2.05, 4.69) is 6.55 Å². The number of aliphatic hydroxyl groups excluding tert-OH is 1. The Hall–Kier alpha value is -3.62. The largest absolute Gasteiger partial charge is 0.522 e. The quantitative estimate of drug-likeness (QED) is 0.213. The van der Waals surface area contributed by atoms with Gasteiger partial charge in [0.15, 0.2) is 9.04 Å². The second-order valence-electron chi connectivity index (χ2n) is 15.0. The van der Waals surface area contributed by atoms with Crippen molar-refractivity contribution in [3.8, 4) is 5.75 Å². The van der Waals surface area contributed by atoms with Crippen molar-refractivity contribution in [2.45, 2.75) is 19.0 Å². The molecule has 0 spiro atoms. The van der Waals surface area contributed by atoms with Crippen molar-refractivity contribution < 1.29 is 55.4 Å². The number of benzene rings is 6. The minimum Gasteiger partial charge on any atom is -0.497 e. The lowest BCUT2D eigenvalue weighted by Crippen LogP contribution is -2.87. The van der Waals surface area contributed by atoms with Crippen LogP contribution < -0.4 is 30.7 Å². The molecule has 13 nitrogen and oxygen atoms in total. The average molecular weight is 986 g/mol. The molecule has 6 aromatic carbocycles. The van der Waals surface area contributed by atoms with Gasteiger partial charge in [0.1, 0.15) is 5.75 Å². The molecule has 7 unspecified atom stereocenters. The van der Waals surface area contributed by atoms with Crippen molar-refractivity contribution in [1.82, 2.24) is 0 Å². The molecule has 0 amide bonds. The lowest BCUT2D eigenvalue weighted by molar-refractivity contribution is 0.0454. The van der Waals surface area contributed by atoms with Gasteiger partial charge in [0.2, 0.25) is 0 Å². The van der Waals surface area contributed by atoms with Gasteiger partial charge in [-0.3, -0.25) is 0 Å². The Kier molecular flexibility index (Phi) is 13.5. The molecule has 1 N–H and O–H groups in total. The van der Waals surface area contributed by atoms with E-state index in [-0.39, 0.29) is 18.9 Å². The summed E-state index contributed by atoms with van der Waals surface area (Å²) >= 11 is 0. The average Bonchev–Trinajstić information content (AvgIpc) is 3.38. The maximum atomic E-state index is 10.3. The van der Waals surface area contributed by atoms with E-state index >= 15 is 0 Å². The number of fused-ring (bicyclic) bond motifs is 4. The van der Waals surface area contributed by atoms with Crippen LogP contribution in [-0.4, -0.2) is 96.9 Å². The normalized spacial score (nSPS) is 31.7. The first-order valence-electron chi connectivity index (χ1n) is 20.8. The van der Waals surface area contributed by atoms with Crippen LogP contribution in [-0.2, 0) is 45.6 Å². The van der Waals surface area contributed by atoms with E-state index in [0.29, 0.717) is 32.4 Å². The first-order valence-corrected chi connectivity index (χ1v) is 34.9. The Morgan fingerprint density at radius 1 is 0.492 bits per heavy atom. The first-order chi connectivity index (χ1) is 30.8. The third kappa shape index (κ3) is 9.15. The SMILES string of the molecule is COc1ccccc1.C[SiH]1CO[Si]2(c3ccccc3)O[Si]3(CCCO)O[SiH2]O[Si]4(c5ccccc5)O[Si](c5ccccc5)(O1)O[Si](c1ccccc1)(O2)O[Si](c1ccccc1)(O3)O4. The van der Waals surface area contributed by atoms with E-state index in [0.717, 1.165) is 5.75 Å². The van der Waals surface area contributed by atoms with Crippen molar-refractivity contribution in [3.05, 3.63) is 182 Å². The standard InChI is InChI=1S/C35H40O12Si8.C7H8O/c1-49-30-37-51(31-18-7-2-8-19-31)41-50(29-17-28-36)38-48-39-52(32-20-9-3-10-21-32)44-53(40-49,33-22-11-4-12-23-33)46-55(43-51,35-26-15-6-16-27-35)47-54(42-50,45-52)34-24-13-5-14-25-34;1-8-7-5-3-2-4-6-7/h2-16,18-27,36,49H,17,28-30,48H2,1H3;2-6H,1H3. The second kappa shape index (κ2) is 19.1. The fourth-order valence-electron chi connectivity index (χ4n) is 7.63. The van der Waals surface area contributed by atoms with Crippen molar-refractivity contribution in [1.29, 1.82) is 0 Å². The molecule has 0 radical (unpaired) electrons. The summed E-state index contributed by atoms with van der Waals surface area (Å²) in [5.74, 6) is 0.910. The summed E-state index contributed by atoms with van der Waals surface area (Å²) < 4.78 is 87.2. The van der Waals surface area contributed by atoms with Crippen LogP contribution in [0.4, 0.5) is 0 Å². The van der Waals surface area contributed by atoms with Gasteiger partial charge in [0.25, 0.3) is 10.0 Å². The topological polar surface area (TPSA) is 131 Å². The molecule has 7 atom stereocenters. The van der Waals surface area contributed by atoms with Crippen LogP contribution in [0.15, 0.2) is 182 Å². The van der Waals surface area contributed by atoms with Gasteiger partial charge in [-0.15, -0.1) is 0 Å². The molecular formula is C42H48O13Si8. The van der Waals surface area contributed by atoms with Crippen LogP contribution in [0.1, 0.15) is 6.42 Å². The van der Waals surface area contributed by atoms with E-state index in [9.17, 15) is 5.11 Å². The molecule has 0 aliphatic carbocycles. The highest BCUT2D eigenvalue weighted by Gasteiger charge is 2.78. The highest BCUT2D eigenvalue weighted by Crippen LogP contribution is 2.42. The Morgan fingerprint density at radius 3 is 1.37 bits per heavy atom. The van der Waals surface area contributed by atoms with Crippen LogP contribution in [0.3, 0.4) is 0 Å². The zero-order valence-electron chi connectivity index (χ0n) is 34.8. The molecule has 4 fully saturated rings. The van der Waals surface area contributed by atoms with Crippen molar-refractivity contribution in [2.75, 3.05) is 19.9 Å². The predicted octanol–water partition coefficient (Wildman–Crippen LogP) is 2.36. The number of para-hydroxylation sites is 1. The molecule has 0 saturated carbocycles. The number of methoxy groups -OCH3 is 1. The smallest absolute Gasteiger partial charge is 0.497 e. The van der Waals surface area contributed by atoms with E-state index in [4.69, 9.17) is 50.3 Å². The molecule has 10 rings (SSSR count). The van der Waals surface area contributed by atoms with Crippen LogP contribution in [0.5, 0.6) is 5.75 Å². The minimum atomic E-state index is -4.49. The van der Waals surface area contributed by atoms with Crippen LogP contribution in [0.25, 0.3) is 0 Å². The maximum absolute atomic E-state index is 10.3. The number of hydrogen-bond acceptors (Lipinski definition) is 13. The fraction of sp³-hybridized carbons (Fsp3) is 0.143. The zero-order chi connectivity index (χ0) is 43.3. The van der Waals surface area contributed by atoms with Gasteiger partial charge in [-0.05, 0) is 25.1 Å². The summed E-state index contributed by atoms with van der Waals surface area (Å²) in [7, 11) is -28.4. The molecule has 6 bridgehead atoms. The predicted molar refractivity (Wildman–Crippen MR) is 253 cm³/mol. The van der Waals surface area contributed by atoms with E-state index < -0.39 is 71.9 Å². The molecule has 4 heterocycles. The molecule has 6 aromatic rings. The van der Waals surface area contributed by atoms with E-state index in [1.54, 1.807) is 7.11 Å². The molecule has 4 aliphatic heterocycles. The van der Waals surface area contributed by atoms with Crippen LogP contribution in [0.2, 0.25) is 12.6 Å². The summed E-state index contributed by atoms with van der Waals surface area (Å²) in [4.78, 5) is 0. The second-order valence-corrected chi connectivity index (χ2v) is 36.8. The highest BCUT2D eigenvalue weighted by molar-refractivity contribution is 7.07. The van der Waals surface area contributed by atoms with Gasteiger partial charge in [0, 0.05) is 38.6 Å². The maximum Gasteiger partial charge on any atom is 0.522 e. The Labute approximate surface area is 377 Å². The highest BCUT2D eigenvalue weighted by atomic mass is 28.6. The van der Waals surface area contributed by atoms with Crippen LogP contribution in [0, 0.1) is 0 Å². The molecule has 326 valence electrons. The van der Waals surface area contributed by atoms with Gasteiger partial charge >= 0.3 is 52.8 Å². The van der Waals surface area contributed by atoms with Gasteiger partial charge in [-0.2, -0.15) is 0 Å². The molecular weight excluding hydrogens is 937 g/mol. The summed E-state index contributed by atoms with van der Waals surface area (Å²) in [5, 5.41) is 13.6. The van der Waals surface area contributed by atoms with Crippen molar-refractivity contribution in [2.24, 2.45) is 0 Å². The third-order valence-electron chi connectivity index (χ3n) is 10.6. The van der Waals surface area contributed by atoms with Crippen LogP contribution >= 0.6 is 0 Å². The number of ether oxygens (including phenoxy) is 1. The van der Waals surface area contributed by atoms with Crippen molar-refractivity contribution in [3.63, 3.8) is 0 Å². The summed E-state index contributed by atoms with van der Waals surface area (Å²) in [6.45, 7) is 1.93. The lowest BCUT2D eigenvalue weighted by atomic mass is 10.3. The number of aliphatic hydroxyl groups is 1. The van der Waals surface area contributed by atoms with Gasteiger partial charge in [-0.25, -0.2) is 0 Å². The van der Waals surface area contributed by atoms with Gasteiger partial charge in [0.05, 0.1) is 13.3 Å². The monoisotopic (exact) mass is 984 g/mol. The van der Waals surface area contributed by atoms with E-state index in [1.165, 1.54) is 0 Å². The number of hydrogen-bond donors (Lipinski definition) is 1. The molecule has 0 aromatic heterocycles. The van der Waals surface area contributed by atoms with E-state index in [1.807, 2.05) is 182 Å². The first kappa shape index (κ1) is 44.6. The Morgan fingerprint density at radius 2 is 0.873 bits per heavy atom. The van der Waals surface area contributed by atoms with Gasteiger partial charge < -0.3 is 55.4 Å². The van der Waals surface area contributed by atoms with Crippen molar-refractivity contribution >= 4 is 97.8 Å². The molecule has 4 aliphatic rings. The zero-order valence-corrected chi connectivity index (χ0v) is 43.3. The fourth-order valence-corrected chi connectivity index (χ4v) is 46.5. The summed E-state index contributed by atoms with van der Waals surface area (Å²) in [5.41, 5.74) is 0. The summed E-state index contributed by atoms with van der Waals surface area (Å²) in [6, 6.07) is 58.1. The molecule has 63 heavy (non-hydrogen) atoms. The lowest BCUT2D eigenvalue weighted by Gasteiger charge is -2.55. The molecule has 4 saturated heterocycles. The minimum absolute atomic E-state index is 0.128. The molecule has 21 heteroatoms. The Bertz CT molecular complexity index is 2400. The third-order valence-corrected chi connectivity index (χ3v) is 40.7. The van der Waals surface area contributed by atoms with Gasteiger partial charge in [-0.1, -0.05) is 170 Å². The summed E-state index contributed by atoms with van der Waals surface area (Å²) in [6.07, 6.45) is 0.492.